The molecular formula is C14H14OS. The van der Waals surface area contributed by atoms with Crippen molar-refractivity contribution in [2.24, 2.45) is 0 Å². The minimum atomic E-state index is -0.855. The molecule has 0 N–H and O–H groups in total. The topological polar surface area (TPSA) is 17.1 Å². The number of hydrogen-bond donors (Lipinski definition) is 0. The minimum Gasteiger partial charge on any atom is -0.254 e. The minimum absolute atomic E-state index is 0.671. The summed E-state index contributed by atoms with van der Waals surface area (Å²) in [6.07, 6.45) is 0. The molecule has 0 bridgehead atoms. The Hall–Kier alpha value is -1.41. The third kappa shape index (κ3) is 2.39. The van der Waals surface area contributed by atoms with Gasteiger partial charge in [-0.15, -0.1) is 0 Å². The molecule has 0 aliphatic heterocycles. The van der Waals surface area contributed by atoms with Crippen LogP contribution in [0.15, 0.2) is 59.5 Å². The first-order valence-corrected chi connectivity index (χ1v) is 6.67. The predicted molar refractivity (Wildman–Crippen MR) is 68.8 cm³/mol. The third-order valence-electron chi connectivity index (χ3n) is 2.49. The molecule has 0 fully saturated rings. The molecule has 0 radical (unpaired) electrons. The summed E-state index contributed by atoms with van der Waals surface area (Å²) in [7, 11) is -0.855. The van der Waals surface area contributed by atoms with Crippen LogP contribution in [0, 0.1) is 0 Å². The van der Waals surface area contributed by atoms with E-state index in [-0.39, 0.29) is 0 Å². The van der Waals surface area contributed by atoms with Crippen molar-refractivity contribution >= 4 is 10.8 Å². The second-order valence-electron chi connectivity index (χ2n) is 3.52. The molecular weight excluding hydrogens is 216 g/mol. The second-order valence-corrected chi connectivity index (χ2v) is 5.26. The summed E-state index contributed by atoms with van der Waals surface area (Å²) in [4.78, 5) is 0.905. The summed E-state index contributed by atoms with van der Waals surface area (Å²) in [6, 6.07) is 18.1. The van der Waals surface area contributed by atoms with E-state index in [4.69, 9.17) is 0 Å². The Kier molecular flexibility index (Phi) is 3.52. The summed E-state index contributed by atoms with van der Waals surface area (Å²) in [5, 5.41) is 0. The van der Waals surface area contributed by atoms with E-state index >= 15 is 0 Å². The molecule has 1 atom stereocenters. The molecule has 0 heterocycles. The SMILES string of the molecule is CCS(=O)c1ccc(-c2ccccc2)cc1. The van der Waals surface area contributed by atoms with Crippen LogP contribution in [-0.2, 0) is 10.8 Å². The smallest absolute Gasteiger partial charge is 0.0526 e. The van der Waals surface area contributed by atoms with E-state index in [1.54, 1.807) is 0 Å². The lowest BCUT2D eigenvalue weighted by Gasteiger charge is -2.03. The molecule has 0 aliphatic carbocycles. The van der Waals surface area contributed by atoms with Gasteiger partial charge in [-0.3, -0.25) is 4.21 Å². The predicted octanol–water partition coefficient (Wildman–Crippen LogP) is 3.48. The van der Waals surface area contributed by atoms with Crippen LogP contribution in [0.1, 0.15) is 6.92 Å². The first-order valence-electron chi connectivity index (χ1n) is 5.35. The standard InChI is InChI=1S/C14H14OS/c1-2-16(15)14-10-8-13(9-11-14)12-6-4-3-5-7-12/h3-11H,2H2,1H3. The summed E-state index contributed by atoms with van der Waals surface area (Å²) in [5.41, 5.74) is 2.36. The van der Waals surface area contributed by atoms with Crippen molar-refractivity contribution in [2.45, 2.75) is 11.8 Å². The van der Waals surface area contributed by atoms with Crippen molar-refractivity contribution in [1.29, 1.82) is 0 Å². The number of rotatable bonds is 3. The normalized spacial score (nSPS) is 12.3. The fourth-order valence-electron chi connectivity index (χ4n) is 1.60. The Morgan fingerprint density at radius 2 is 1.44 bits per heavy atom. The molecule has 2 heteroatoms. The summed E-state index contributed by atoms with van der Waals surface area (Å²) in [5.74, 6) is 0.671. The lowest BCUT2D eigenvalue weighted by Crippen LogP contribution is -1.93. The zero-order valence-corrected chi connectivity index (χ0v) is 10.0. The molecule has 1 unspecified atom stereocenters. The molecule has 1 nitrogen and oxygen atoms in total. The van der Waals surface area contributed by atoms with Crippen molar-refractivity contribution in [1.82, 2.24) is 0 Å². The Morgan fingerprint density at radius 1 is 0.875 bits per heavy atom. The maximum absolute atomic E-state index is 11.6. The van der Waals surface area contributed by atoms with Crippen LogP contribution in [-0.4, -0.2) is 9.96 Å². The number of hydrogen-bond acceptors (Lipinski definition) is 1. The van der Waals surface area contributed by atoms with Gasteiger partial charge in [0.1, 0.15) is 0 Å². The molecule has 2 aromatic carbocycles. The average molecular weight is 230 g/mol. The van der Waals surface area contributed by atoms with E-state index in [0.29, 0.717) is 5.75 Å². The van der Waals surface area contributed by atoms with Crippen molar-refractivity contribution in [2.75, 3.05) is 5.75 Å². The Labute approximate surface area is 98.6 Å². The zero-order chi connectivity index (χ0) is 11.4. The van der Waals surface area contributed by atoms with Crippen LogP contribution in [0.25, 0.3) is 11.1 Å². The summed E-state index contributed by atoms with van der Waals surface area (Å²) in [6.45, 7) is 1.93. The second kappa shape index (κ2) is 5.08. The maximum Gasteiger partial charge on any atom is 0.0526 e. The quantitative estimate of drug-likeness (QED) is 0.789. The molecule has 82 valence electrons. The van der Waals surface area contributed by atoms with Crippen LogP contribution in [0.2, 0.25) is 0 Å². The van der Waals surface area contributed by atoms with Crippen LogP contribution in [0.4, 0.5) is 0 Å². The van der Waals surface area contributed by atoms with Gasteiger partial charge >= 0.3 is 0 Å². The number of benzene rings is 2. The highest BCUT2D eigenvalue weighted by Gasteiger charge is 2.01. The van der Waals surface area contributed by atoms with E-state index in [1.165, 1.54) is 5.56 Å². The van der Waals surface area contributed by atoms with Gasteiger partial charge in [-0.1, -0.05) is 49.4 Å². The fourth-order valence-corrected chi connectivity index (χ4v) is 2.37. The zero-order valence-electron chi connectivity index (χ0n) is 9.22. The van der Waals surface area contributed by atoms with Crippen LogP contribution < -0.4 is 0 Å². The maximum atomic E-state index is 11.6. The highest BCUT2D eigenvalue weighted by atomic mass is 32.2. The first kappa shape index (κ1) is 11.1. The van der Waals surface area contributed by atoms with Gasteiger partial charge in [0, 0.05) is 10.6 Å². The molecule has 0 saturated carbocycles. The Morgan fingerprint density at radius 3 is 2.00 bits per heavy atom. The van der Waals surface area contributed by atoms with Crippen LogP contribution in [0.3, 0.4) is 0 Å². The van der Waals surface area contributed by atoms with Crippen molar-refractivity contribution in [3.8, 4) is 11.1 Å². The molecule has 0 aliphatic rings. The Balaban J connectivity index is 2.30. The molecule has 16 heavy (non-hydrogen) atoms. The third-order valence-corrected chi connectivity index (χ3v) is 3.81. The highest BCUT2D eigenvalue weighted by Crippen LogP contribution is 2.20. The van der Waals surface area contributed by atoms with Gasteiger partial charge in [0.15, 0.2) is 0 Å². The van der Waals surface area contributed by atoms with Gasteiger partial charge in [0.05, 0.1) is 10.8 Å². The van der Waals surface area contributed by atoms with Gasteiger partial charge < -0.3 is 0 Å². The van der Waals surface area contributed by atoms with Crippen LogP contribution >= 0.6 is 0 Å². The molecule has 2 rings (SSSR count). The van der Waals surface area contributed by atoms with Crippen molar-refractivity contribution < 1.29 is 4.21 Å². The molecule has 0 saturated heterocycles. The van der Waals surface area contributed by atoms with E-state index in [1.807, 2.05) is 49.4 Å². The molecule has 0 amide bonds. The molecule has 0 aromatic heterocycles. The van der Waals surface area contributed by atoms with Gasteiger partial charge in [-0.2, -0.15) is 0 Å². The van der Waals surface area contributed by atoms with Crippen molar-refractivity contribution in [3.63, 3.8) is 0 Å². The van der Waals surface area contributed by atoms with Gasteiger partial charge in [0.2, 0.25) is 0 Å². The van der Waals surface area contributed by atoms with Gasteiger partial charge in [0.25, 0.3) is 0 Å². The Bertz CT molecular complexity index is 474. The van der Waals surface area contributed by atoms with E-state index in [0.717, 1.165) is 10.5 Å². The highest BCUT2D eigenvalue weighted by molar-refractivity contribution is 7.85. The molecule has 0 spiro atoms. The lowest BCUT2D eigenvalue weighted by atomic mass is 10.1. The fraction of sp³-hybridized carbons (Fsp3) is 0.143. The first-order chi connectivity index (χ1) is 7.81. The van der Waals surface area contributed by atoms with Crippen LogP contribution in [0.5, 0.6) is 0 Å². The van der Waals surface area contributed by atoms with E-state index in [2.05, 4.69) is 12.1 Å². The van der Waals surface area contributed by atoms with E-state index < -0.39 is 10.8 Å². The average Bonchev–Trinajstić information content (AvgIpc) is 2.39. The van der Waals surface area contributed by atoms with Gasteiger partial charge in [-0.25, -0.2) is 0 Å². The summed E-state index contributed by atoms with van der Waals surface area (Å²) < 4.78 is 11.6. The molecule has 2 aromatic rings. The van der Waals surface area contributed by atoms with E-state index in [9.17, 15) is 4.21 Å². The summed E-state index contributed by atoms with van der Waals surface area (Å²) >= 11 is 0. The monoisotopic (exact) mass is 230 g/mol. The largest absolute Gasteiger partial charge is 0.254 e. The van der Waals surface area contributed by atoms with Crippen molar-refractivity contribution in [3.05, 3.63) is 54.6 Å². The van der Waals surface area contributed by atoms with Gasteiger partial charge in [-0.05, 0) is 23.3 Å². The lowest BCUT2D eigenvalue weighted by molar-refractivity contribution is 0.684.